The molecule has 1 amide bonds. The van der Waals surface area contributed by atoms with Gasteiger partial charge in [-0.1, -0.05) is 0 Å². The molecule has 13 heavy (non-hydrogen) atoms. The summed E-state index contributed by atoms with van der Waals surface area (Å²) in [6, 6.07) is 0. The lowest BCUT2D eigenvalue weighted by molar-refractivity contribution is -0.116. The zero-order valence-electron chi connectivity index (χ0n) is 8.23. The summed E-state index contributed by atoms with van der Waals surface area (Å²) in [5.74, 6) is 0. The molecule has 0 aromatic rings. The van der Waals surface area contributed by atoms with Crippen LogP contribution in [0.15, 0.2) is 0 Å². The van der Waals surface area contributed by atoms with E-state index in [-0.39, 0.29) is 6.29 Å². The maximum atomic E-state index is 11.7. The molecule has 0 aliphatic rings. The van der Waals surface area contributed by atoms with E-state index in [9.17, 15) is 9.36 Å². The lowest BCUT2D eigenvalue weighted by atomic mass is 10.9. The Morgan fingerprint density at radius 3 is 2.08 bits per heavy atom. The summed E-state index contributed by atoms with van der Waals surface area (Å²) in [5.41, 5.74) is 0. The van der Waals surface area contributed by atoms with Crippen molar-refractivity contribution in [3.63, 3.8) is 0 Å². The molecular weight excluding hydrogens is 193 g/mol. The van der Waals surface area contributed by atoms with Crippen molar-refractivity contribution >= 4 is 14.0 Å². The number of hydrogen-bond acceptors (Lipinski definition) is 4. The predicted molar refractivity (Wildman–Crippen MR) is 49.6 cm³/mol. The number of nitrogens with zero attached hydrogens (tertiary/aromatic N) is 1. The minimum Gasteiger partial charge on any atom is -0.336 e. The Hall–Kier alpha value is -0.380. The predicted octanol–water partition coefficient (Wildman–Crippen LogP) is 1.30. The summed E-state index contributed by atoms with van der Waals surface area (Å²) in [6.07, 6.45) is 0.586. The van der Waals surface area contributed by atoms with Gasteiger partial charge in [0.05, 0.1) is 13.2 Å². The van der Waals surface area contributed by atoms with E-state index in [0.717, 1.165) is 0 Å². The fourth-order valence-electron chi connectivity index (χ4n) is 0.819. The van der Waals surface area contributed by atoms with Gasteiger partial charge < -0.3 is 13.9 Å². The molecule has 0 bridgehead atoms. The minimum absolute atomic E-state index is 0.00181. The van der Waals surface area contributed by atoms with Crippen molar-refractivity contribution in [1.82, 2.24) is 4.90 Å². The molecule has 0 rings (SSSR count). The van der Waals surface area contributed by atoms with Crippen LogP contribution in [0.25, 0.3) is 0 Å². The lowest BCUT2D eigenvalue weighted by Gasteiger charge is -2.20. The molecule has 0 aromatic carbocycles. The molecule has 0 aromatic heterocycles. The van der Waals surface area contributed by atoms with Crippen molar-refractivity contribution in [1.29, 1.82) is 0 Å². The second kappa shape index (κ2) is 6.13. The first-order valence-corrected chi connectivity index (χ1v) is 5.84. The summed E-state index contributed by atoms with van der Waals surface area (Å²) in [5, 5.41) is 0. The molecule has 78 valence electrons. The third kappa shape index (κ3) is 5.03. The van der Waals surface area contributed by atoms with Gasteiger partial charge in [0.2, 0.25) is 6.41 Å². The van der Waals surface area contributed by atoms with Crippen molar-refractivity contribution in [2.45, 2.75) is 13.8 Å². The highest BCUT2D eigenvalue weighted by Gasteiger charge is 2.24. The summed E-state index contributed by atoms with van der Waals surface area (Å²) >= 11 is 0. The quantitative estimate of drug-likeness (QED) is 0.468. The average Bonchev–Trinajstić information content (AvgIpc) is 2.04. The third-order valence-corrected chi connectivity index (χ3v) is 3.32. The highest BCUT2D eigenvalue weighted by atomic mass is 31.2. The van der Waals surface area contributed by atoms with E-state index in [0.29, 0.717) is 19.6 Å². The summed E-state index contributed by atoms with van der Waals surface area (Å²) < 4.78 is 21.7. The second-order valence-corrected chi connectivity index (χ2v) is 4.47. The van der Waals surface area contributed by atoms with Crippen molar-refractivity contribution in [2.75, 3.05) is 26.5 Å². The summed E-state index contributed by atoms with van der Waals surface area (Å²) in [7, 11) is -1.57. The number of hydrogen-bond donors (Lipinski definition) is 0. The first-order valence-electron chi connectivity index (χ1n) is 4.11. The summed E-state index contributed by atoms with van der Waals surface area (Å²) in [6.45, 7) is 4.08. The van der Waals surface area contributed by atoms with Crippen LogP contribution in [0.3, 0.4) is 0 Å². The van der Waals surface area contributed by atoms with E-state index < -0.39 is 7.60 Å². The fraction of sp³-hybridized carbons (Fsp3) is 0.857. The molecule has 0 spiro atoms. The molecule has 0 aliphatic heterocycles. The van der Waals surface area contributed by atoms with Crippen LogP contribution in [0.1, 0.15) is 13.8 Å². The summed E-state index contributed by atoms with van der Waals surface area (Å²) in [4.78, 5) is 11.5. The molecule has 0 fully saturated rings. The standard InChI is InChI=1S/C7H16NO4P/c1-4-11-13(10,12-5-2)7-8(3)6-9/h6H,4-5,7H2,1-3H3. The molecule has 0 saturated carbocycles. The van der Waals surface area contributed by atoms with Gasteiger partial charge in [-0.05, 0) is 13.8 Å². The van der Waals surface area contributed by atoms with E-state index in [1.54, 1.807) is 13.8 Å². The average molecular weight is 209 g/mol. The second-order valence-electron chi connectivity index (χ2n) is 2.45. The van der Waals surface area contributed by atoms with Crippen LogP contribution >= 0.6 is 7.60 Å². The zero-order chi connectivity index (χ0) is 10.3. The Morgan fingerprint density at radius 1 is 1.31 bits per heavy atom. The Labute approximate surface area is 78.5 Å². The van der Waals surface area contributed by atoms with Gasteiger partial charge in [0.25, 0.3) is 0 Å². The highest BCUT2D eigenvalue weighted by molar-refractivity contribution is 7.53. The Morgan fingerprint density at radius 2 is 1.77 bits per heavy atom. The third-order valence-electron chi connectivity index (χ3n) is 1.23. The van der Waals surface area contributed by atoms with E-state index >= 15 is 0 Å². The van der Waals surface area contributed by atoms with Gasteiger partial charge in [-0.15, -0.1) is 0 Å². The van der Waals surface area contributed by atoms with Crippen LogP contribution in [-0.4, -0.2) is 37.9 Å². The highest BCUT2D eigenvalue weighted by Crippen LogP contribution is 2.47. The lowest BCUT2D eigenvalue weighted by Crippen LogP contribution is -2.19. The van der Waals surface area contributed by atoms with Gasteiger partial charge in [0.1, 0.15) is 6.29 Å². The number of carbonyl (C=O) groups is 1. The molecule has 6 heteroatoms. The van der Waals surface area contributed by atoms with E-state index in [4.69, 9.17) is 9.05 Å². The van der Waals surface area contributed by atoms with E-state index in [1.807, 2.05) is 0 Å². The van der Waals surface area contributed by atoms with E-state index in [2.05, 4.69) is 0 Å². The zero-order valence-corrected chi connectivity index (χ0v) is 9.12. The van der Waals surface area contributed by atoms with Crippen LogP contribution in [-0.2, 0) is 18.4 Å². The van der Waals surface area contributed by atoms with Crippen molar-refractivity contribution in [3.05, 3.63) is 0 Å². The van der Waals surface area contributed by atoms with Gasteiger partial charge in [0, 0.05) is 7.05 Å². The monoisotopic (exact) mass is 209 g/mol. The Kier molecular flexibility index (Phi) is 5.95. The number of rotatable bonds is 7. The molecule has 0 saturated heterocycles. The fourth-order valence-corrected chi connectivity index (χ4v) is 2.46. The Balaban J connectivity index is 4.22. The molecule has 5 nitrogen and oxygen atoms in total. The maximum absolute atomic E-state index is 11.7. The van der Waals surface area contributed by atoms with Crippen molar-refractivity contribution < 1.29 is 18.4 Å². The first-order chi connectivity index (χ1) is 6.08. The minimum atomic E-state index is -3.10. The largest absolute Gasteiger partial charge is 0.349 e. The molecule has 0 atom stereocenters. The van der Waals surface area contributed by atoms with Gasteiger partial charge >= 0.3 is 7.60 Å². The molecule has 0 N–H and O–H groups in total. The SMILES string of the molecule is CCOP(=O)(CN(C)C=O)OCC. The van der Waals surface area contributed by atoms with Gasteiger partial charge in [-0.2, -0.15) is 0 Å². The van der Waals surface area contributed by atoms with Crippen molar-refractivity contribution in [3.8, 4) is 0 Å². The van der Waals surface area contributed by atoms with Crippen molar-refractivity contribution in [2.24, 2.45) is 0 Å². The van der Waals surface area contributed by atoms with Crippen LogP contribution in [0.2, 0.25) is 0 Å². The molecule has 0 aliphatic carbocycles. The van der Waals surface area contributed by atoms with Crippen LogP contribution in [0.5, 0.6) is 0 Å². The molecule has 0 radical (unpaired) electrons. The Bertz CT molecular complexity index is 187. The normalized spacial score (nSPS) is 11.3. The number of carbonyl (C=O) groups excluding carboxylic acids is 1. The van der Waals surface area contributed by atoms with Crippen LogP contribution < -0.4 is 0 Å². The first kappa shape index (κ1) is 12.6. The van der Waals surface area contributed by atoms with Crippen LogP contribution in [0, 0.1) is 0 Å². The number of amides is 1. The van der Waals surface area contributed by atoms with Crippen LogP contribution in [0.4, 0.5) is 0 Å². The molecular formula is C7H16NO4P. The van der Waals surface area contributed by atoms with E-state index in [1.165, 1.54) is 11.9 Å². The molecule has 0 unspecified atom stereocenters. The topological polar surface area (TPSA) is 55.8 Å². The van der Waals surface area contributed by atoms with Gasteiger partial charge in [-0.25, -0.2) is 0 Å². The van der Waals surface area contributed by atoms with Gasteiger partial charge in [0.15, 0.2) is 0 Å². The van der Waals surface area contributed by atoms with Gasteiger partial charge in [-0.3, -0.25) is 9.36 Å². The smallest absolute Gasteiger partial charge is 0.336 e. The molecule has 0 heterocycles. The maximum Gasteiger partial charge on any atom is 0.349 e.